The number of nitrogens with one attached hydrogen (secondary N) is 1. The van der Waals surface area contributed by atoms with Gasteiger partial charge in [-0.05, 0) is 25.2 Å². The van der Waals surface area contributed by atoms with Crippen LogP contribution in [0.2, 0.25) is 0 Å². The van der Waals surface area contributed by atoms with Gasteiger partial charge >= 0.3 is 0 Å². The Morgan fingerprint density at radius 2 is 1.60 bits per heavy atom. The molecule has 0 amide bonds. The van der Waals surface area contributed by atoms with Gasteiger partial charge < -0.3 is 10.4 Å². The second kappa shape index (κ2) is 5.31. The van der Waals surface area contributed by atoms with E-state index in [2.05, 4.69) is 46.9 Å². The summed E-state index contributed by atoms with van der Waals surface area (Å²) in [6.45, 7) is 15.6. The van der Waals surface area contributed by atoms with Crippen molar-refractivity contribution in [2.75, 3.05) is 6.54 Å². The van der Waals surface area contributed by atoms with Crippen LogP contribution in [0, 0.1) is 11.3 Å². The summed E-state index contributed by atoms with van der Waals surface area (Å²) in [7, 11) is 0. The molecule has 3 unspecified atom stereocenters. The second-order valence-electron chi connectivity index (χ2n) is 6.14. The first-order valence-corrected chi connectivity index (χ1v) is 6.07. The molecular formula is C13H29NO. The zero-order chi connectivity index (χ0) is 12.3. The Morgan fingerprint density at radius 3 is 1.93 bits per heavy atom. The van der Waals surface area contributed by atoms with Crippen LogP contribution < -0.4 is 5.32 Å². The lowest BCUT2D eigenvalue weighted by molar-refractivity contribution is 0.000703. The van der Waals surface area contributed by atoms with E-state index in [9.17, 15) is 5.11 Å². The molecule has 2 nitrogen and oxygen atoms in total. The predicted molar refractivity (Wildman–Crippen MR) is 67.0 cm³/mol. The monoisotopic (exact) mass is 215 g/mol. The second-order valence-corrected chi connectivity index (χ2v) is 6.14. The van der Waals surface area contributed by atoms with Gasteiger partial charge in [-0.2, -0.15) is 0 Å². The molecule has 0 aliphatic carbocycles. The summed E-state index contributed by atoms with van der Waals surface area (Å²) >= 11 is 0. The standard InChI is InChI=1S/C13H29NO/c1-8-10(2)13(7,15)9-14-11(3)12(4,5)6/h10-11,14-15H,8-9H2,1-7H3. The molecular weight excluding hydrogens is 186 g/mol. The number of hydrogen-bond acceptors (Lipinski definition) is 2. The maximum Gasteiger partial charge on any atom is 0.0768 e. The van der Waals surface area contributed by atoms with Crippen LogP contribution in [-0.2, 0) is 0 Å². The molecule has 0 rings (SSSR count). The highest BCUT2D eigenvalue weighted by atomic mass is 16.3. The first-order chi connectivity index (χ1) is 6.61. The first kappa shape index (κ1) is 14.9. The lowest BCUT2D eigenvalue weighted by atomic mass is 9.85. The number of hydrogen-bond donors (Lipinski definition) is 2. The van der Waals surface area contributed by atoms with Gasteiger partial charge in [0.1, 0.15) is 0 Å². The van der Waals surface area contributed by atoms with Crippen molar-refractivity contribution in [2.45, 2.75) is 66.5 Å². The van der Waals surface area contributed by atoms with Crippen molar-refractivity contribution in [2.24, 2.45) is 11.3 Å². The molecule has 0 aromatic rings. The average molecular weight is 215 g/mol. The highest BCUT2D eigenvalue weighted by Gasteiger charge is 2.29. The summed E-state index contributed by atoms with van der Waals surface area (Å²) in [6, 6.07) is 0.410. The fourth-order valence-electron chi connectivity index (χ4n) is 1.28. The van der Waals surface area contributed by atoms with Crippen LogP contribution in [0.1, 0.15) is 54.9 Å². The van der Waals surface area contributed by atoms with Crippen molar-refractivity contribution in [3.63, 3.8) is 0 Å². The van der Waals surface area contributed by atoms with Crippen LogP contribution in [0.4, 0.5) is 0 Å². The van der Waals surface area contributed by atoms with E-state index in [0.29, 0.717) is 18.5 Å². The van der Waals surface area contributed by atoms with Gasteiger partial charge in [-0.15, -0.1) is 0 Å². The maximum atomic E-state index is 10.2. The number of rotatable bonds is 5. The smallest absolute Gasteiger partial charge is 0.0768 e. The lowest BCUT2D eigenvalue weighted by Crippen LogP contribution is -2.48. The van der Waals surface area contributed by atoms with E-state index >= 15 is 0 Å². The Balaban J connectivity index is 4.15. The molecule has 0 heterocycles. The van der Waals surface area contributed by atoms with E-state index in [1.165, 1.54) is 0 Å². The topological polar surface area (TPSA) is 32.3 Å². The normalized spacial score (nSPS) is 20.8. The minimum absolute atomic E-state index is 0.242. The molecule has 0 fully saturated rings. The molecule has 92 valence electrons. The summed E-state index contributed by atoms with van der Waals surface area (Å²) in [4.78, 5) is 0. The fourth-order valence-corrected chi connectivity index (χ4v) is 1.28. The highest BCUT2D eigenvalue weighted by molar-refractivity contribution is 4.84. The van der Waals surface area contributed by atoms with E-state index in [1.807, 2.05) is 6.92 Å². The zero-order valence-corrected chi connectivity index (χ0v) is 11.5. The Morgan fingerprint density at radius 1 is 1.13 bits per heavy atom. The quantitative estimate of drug-likeness (QED) is 0.739. The Bertz CT molecular complexity index is 181. The first-order valence-electron chi connectivity index (χ1n) is 6.07. The molecule has 0 aliphatic rings. The predicted octanol–water partition coefficient (Wildman–Crippen LogP) is 2.81. The van der Waals surface area contributed by atoms with Crippen LogP contribution in [0.3, 0.4) is 0 Å². The van der Waals surface area contributed by atoms with Gasteiger partial charge in [0.15, 0.2) is 0 Å². The Labute approximate surface area is 95.5 Å². The van der Waals surface area contributed by atoms with Gasteiger partial charge in [0.2, 0.25) is 0 Å². The van der Waals surface area contributed by atoms with E-state index in [1.54, 1.807) is 0 Å². The van der Waals surface area contributed by atoms with Gasteiger partial charge in [0, 0.05) is 12.6 Å². The van der Waals surface area contributed by atoms with Gasteiger partial charge in [-0.25, -0.2) is 0 Å². The highest BCUT2D eigenvalue weighted by Crippen LogP contribution is 2.22. The van der Waals surface area contributed by atoms with Gasteiger partial charge in [0.25, 0.3) is 0 Å². The van der Waals surface area contributed by atoms with Crippen molar-refractivity contribution in [1.29, 1.82) is 0 Å². The van der Waals surface area contributed by atoms with Crippen molar-refractivity contribution < 1.29 is 5.11 Å². The molecule has 3 atom stereocenters. The van der Waals surface area contributed by atoms with Crippen LogP contribution in [0.5, 0.6) is 0 Å². The molecule has 0 aromatic carbocycles. The van der Waals surface area contributed by atoms with E-state index in [0.717, 1.165) is 6.42 Å². The molecule has 0 radical (unpaired) electrons. The van der Waals surface area contributed by atoms with Crippen LogP contribution in [-0.4, -0.2) is 23.3 Å². The summed E-state index contributed by atoms with van der Waals surface area (Å²) in [5, 5.41) is 13.7. The van der Waals surface area contributed by atoms with Crippen LogP contribution >= 0.6 is 0 Å². The summed E-state index contributed by atoms with van der Waals surface area (Å²) in [6.07, 6.45) is 1.01. The molecule has 0 spiro atoms. The molecule has 2 heteroatoms. The average Bonchev–Trinajstić information content (AvgIpc) is 2.11. The molecule has 2 N–H and O–H groups in total. The molecule has 0 bridgehead atoms. The fraction of sp³-hybridized carbons (Fsp3) is 1.00. The SMILES string of the molecule is CCC(C)C(C)(O)CNC(C)C(C)(C)C. The molecule has 0 saturated carbocycles. The third kappa shape index (κ3) is 4.98. The summed E-state index contributed by atoms with van der Waals surface area (Å²) in [5.74, 6) is 0.331. The van der Waals surface area contributed by atoms with E-state index < -0.39 is 5.60 Å². The molecule has 0 aromatic heterocycles. The molecule has 15 heavy (non-hydrogen) atoms. The third-order valence-corrected chi connectivity index (χ3v) is 3.74. The zero-order valence-electron chi connectivity index (χ0n) is 11.5. The maximum absolute atomic E-state index is 10.2. The minimum atomic E-state index is -0.603. The largest absolute Gasteiger partial charge is 0.389 e. The Kier molecular flexibility index (Phi) is 5.28. The van der Waals surface area contributed by atoms with Crippen molar-refractivity contribution in [1.82, 2.24) is 5.32 Å². The van der Waals surface area contributed by atoms with Crippen molar-refractivity contribution >= 4 is 0 Å². The lowest BCUT2D eigenvalue weighted by Gasteiger charge is -2.35. The van der Waals surface area contributed by atoms with E-state index in [-0.39, 0.29) is 5.41 Å². The van der Waals surface area contributed by atoms with Gasteiger partial charge in [0.05, 0.1) is 5.60 Å². The Hall–Kier alpha value is -0.0800. The van der Waals surface area contributed by atoms with Crippen LogP contribution in [0.15, 0.2) is 0 Å². The molecule has 0 saturated heterocycles. The van der Waals surface area contributed by atoms with Crippen molar-refractivity contribution in [3.05, 3.63) is 0 Å². The van der Waals surface area contributed by atoms with Gasteiger partial charge in [-0.1, -0.05) is 41.0 Å². The van der Waals surface area contributed by atoms with Crippen molar-refractivity contribution in [3.8, 4) is 0 Å². The number of aliphatic hydroxyl groups is 1. The third-order valence-electron chi connectivity index (χ3n) is 3.74. The van der Waals surface area contributed by atoms with Crippen LogP contribution in [0.25, 0.3) is 0 Å². The summed E-state index contributed by atoms with van der Waals surface area (Å²) in [5.41, 5.74) is -0.361. The van der Waals surface area contributed by atoms with E-state index in [4.69, 9.17) is 0 Å². The summed E-state index contributed by atoms with van der Waals surface area (Å²) < 4.78 is 0. The molecule has 0 aliphatic heterocycles. The minimum Gasteiger partial charge on any atom is -0.389 e. The van der Waals surface area contributed by atoms with Gasteiger partial charge in [-0.3, -0.25) is 0 Å².